The second kappa shape index (κ2) is 5.45. The Balaban J connectivity index is 2.02. The van der Waals surface area contributed by atoms with E-state index in [1.165, 1.54) is 25.0 Å². The van der Waals surface area contributed by atoms with Gasteiger partial charge in [-0.3, -0.25) is 0 Å². The summed E-state index contributed by atoms with van der Waals surface area (Å²) in [6.45, 7) is 1.73. The number of nitrogens with zero attached hydrogens (tertiary/aromatic N) is 1. The fraction of sp³-hybridized carbons (Fsp3) is 0.538. The number of hydrogen-bond acceptors (Lipinski definition) is 2. The highest BCUT2D eigenvalue weighted by atomic mass is 19.1. The van der Waals surface area contributed by atoms with E-state index in [2.05, 4.69) is 5.32 Å². The van der Waals surface area contributed by atoms with Crippen LogP contribution in [0.15, 0.2) is 18.2 Å². The third kappa shape index (κ3) is 3.16. The third-order valence-corrected chi connectivity index (χ3v) is 3.23. The summed E-state index contributed by atoms with van der Waals surface area (Å²) in [6.07, 6.45) is 3.51. The zero-order valence-electron chi connectivity index (χ0n) is 10.0. The lowest BCUT2D eigenvalue weighted by molar-refractivity contribution is 0.402. The van der Waals surface area contributed by atoms with Crippen LogP contribution in [0.3, 0.4) is 0 Å². The van der Waals surface area contributed by atoms with Crippen LogP contribution in [0.2, 0.25) is 0 Å². The van der Waals surface area contributed by atoms with E-state index < -0.39 is 5.82 Å². The molecule has 0 bridgehead atoms. The molecule has 0 saturated carbocycles. The molecule has 1 aliphatic heterocycles. The normalized spacial score (nSPS) is 20.3. The van der Waals surface area contributed by atoms with E-state index in [0.717, 1.165) is 19.0 Å². The minimum atomic E-state index is -0.398. The molecule has 1 aromatic rings. The zero-order chi connectivity index (χ0) is 12.3. The van der Waals surface area contributed by atoms with Gasteiger partial charge in [-0.2, -0.15) is 0 Å². The van der Waals surface area contributed by atoms with E-state index >= 15 is 0 Å². The highest BCUT2D eigenvalue weighted by Gasteiger charge is 2.16. The molecule has 17 heavy (non-hydrogen) atoms. The van der Waals surface area contributed by atoms with Crippen molar-refractivity contribution < 1.29 is 8.78 Å². The molecule has 4 heteroatoms. The van der Waals surface area contributed by atoms with Gasteiger partial charge in [0, 0.05) is 25.7 Å². The molecule has 1 aromatic carbocycles. The summed E-state index contributed by atoms with van der Waals surface area (Å²) in [7, 11) is 1.80. The van der Waals surface area contributed by atoms with E-state index in [1.54, 1.807) is 11.9 Å². The van der Waals surface area contributed by atoms with Crippen molar-refractivity contribution in [3.63, 3.8) is 0 Å². The van der Waals surface area contributed by atoms with E-state index in [-0.39, 0.29) is 5.82 Å². The predicted octanol–water partition coefficient (Wildman–Crippen LogP) is 2.54. The standard InChI is InChI=1S/C13H18F2N2/c1-17(9-11-4-2-3-7-16-11)13-8-10(14)5-6-12(13)15/h5-6,8,11,16H,2-4,7,9H2,1H3. The summed E-state index contributed by atoms with van der Waals surface area (Å²) >= 11 is 0. The Hall–Kier alpha value is -1.16. The maximum Gasteiger partial charge on any atom is 0.146 e. The first kappa shape index (κ1) is 12.3. The van der Waals surface area contributed by atoms with Crippen LogP contribution < -0.4 is 10.2 Å². The van der Waals surface area contributed by atoms with Crippen molar-refractivity contribution in [2.24, 2.45) is 0 Å². The lowest BCUT2D eigenvalue weighted by Crippen LogP contribution is -2.42. The van der Waals surface area contributed by atoms with E-state index in [4.69, 9.17) is 0 Å². The number of nitrogens with one attached hydrogen (secondary N) is 1. The van der Waals surface area contributed by atoms with Gasteiger partial charge in [0.2, 0.25) is 0 Å². The van der Waals surface area contributed by atoms with Gasteiger partial charge < -0.3 is 10.2 Å². The van der Waals surface area contributed by atoms with E-state index in [9.17, 15) is 8.78 Å². The van der Waals surface area contributed by atoms with Crippen molar-refractivity contribution >= 4 is 5.69 Å². The van der Waals surface area contributed by atoms with Crippen molar-refractivity contribution in [1.82, 2.24) is 5.32 Å². The lowest BCUT2D eigenvalue weighted by atomic mass is 10.0. The number of piperidine rings is 1. The average molecular weight is 240 g/mol. The summed E-state index contributed by atoms with van der Waals surface area (Å²) in [5.41, 5.74) is 0.331. The molecule has 0 radical (unpaired) electrons. The van der Waals surface area contributed by atoms with Crippen LogP contribution in [-0.2, 0) is 0 Å². The molecular weight excluding hydrogens is 222 g/mol. The van der Waals surface area contributed by atoms with Crippen LogP contribution in [0.4, 0.5) is 14.5 Å². The van der Waals surface area contributed by atoms with Crippen LogP contribution in [0.25, 0.3) is 0 Å². The molecule has 0 amide bonds. The van der Waals surface area contributed by atoms with E-state index in [1.807, 2.05) is 0 Å². The molecule has 1 fully saturated rings. The van der Waals surface area contributed by atoms with Gasteiger partial charge >= 0.3 is 0 Å². The largest absolute Gasteiger partial charge is 0.371 e. The smallest absolute Gasteiger partial charge is 0.146 e. The molecule has 1 unspecified atom stereocenters. The topological polar surface area (TPSA) is 15.3 Å². The summed E-state index contributed by atoms with van der Waals surface area (Å²) in [6, 6.07) is 3.94. The van der Waals surface area contributed by atoms with Crippen molar-refractivity contribution in [3.8, 4) is 0 Å². The third-order valence-electron chi connectivity index (χ3n) is 3.23. The number of halogens is 2. The first-order valence-corrected chi connectivity index (χ1v) is 6.06. The molecule has 1 atom stereocenters. The molecule has 1 N–H and O–H groups in total. The Morgan fingerprint density at radius 2 is 2.18 bits per heavy atom. The van der Waals surface area contributed by atoms with Gasteiger partial charge in [-0.05, 0) is 31.5 Å². The number of benzene rings is 1. The van der Waals surface area contributed by atoms with Crippen molar-refractivity contribution in [2.45, 2.75) is 25.3 Å². The molecule has 1 heterocycles. The van der Waals surface area contributed by atoms with Crippen molar-refractivity contribution in [2.75, 3.05) is 25.0 Å². The van der Waals surface area contributed by atoms with Crippen LogP contribution in [0, 0.1) is 11.6 Å². The van der Waals surface area contributed by atoms with Gasteiger partial charge in [0.25, 0.3) is 0 Å². The molecule has 2 nitrogen and oxygen atoms in total. The summed E-state index contributed by atoms with van der Waals surface area (Å²) in [4.78, 5) is 1.78. The maximum atomic E-state index is 13.5. The molecule has 0 aliphatic carbocycles. The van der Waals surface area contributed by atoms with Crippen LogP contribution in [0.5, 0.6) is 0 Å². The predicted molar refractivity (Wildman–Crippen MR) is 65.3 cm³/mol. The second-order valence-corrected chi connectivity index (χ2v) is 4.62. The van der Waals surface area contributed by atoms with Crippen LogP contribution >= 0.6 is 0 Å². The Labute approximate surface area is 101 Å². The van der Waals surface area contributed by atoms with E-state index in [0.29, 0.717) is 18.3 Å². The Bertz CT molecular complexity index is 376. The minimum absolute atomic E-state index is 0.331. The van der Waals surface area contributed by atoms with Crippen LogP contribution in [0.1, 0.15) is 19.3 Å². The Morgan fingerprint density at radius 3 is 2.88 bits per heavy atom. The molecule has 0 aromatic heterocycles. The number of hydrogen-bond donors (Lipinski definition) is 1. The zero-order valence-corrected chi connectivity index (χ0v) is 10.0. The van der Waals surface area contributed by atoms with Gasteiger partial charge in [0.15, 0.2) is 0 Å². The van der Waals surface area contributed by atoms with Gasteiger partial charge in [-0.15, -0.1) is 0 Å². The van der Waals surface area contributed by atoms with Gasteiger partial charge in [-0.25, -0.2) is 8.78 Å². The molecular formula is C13H18F2N2. The second-order valence-electron chi connectivity index (χ2n) is 4.62. The van der Waals surface area contributed by atoms with Crippen molar-refractivity contribution in [1.29, 1.82) is 0 Å². The van der Waals surface area contributed by atoms with Gasteiger partial charge in [-0.1, -0.05) is 6.42 Å². The quantitative estimate of drug-likeness (QED) is 0.873. The first-order valence-electron chi connectivity index (χ1n) is 6.06. The molecule has 1 aliphatic rings. The minimum Gasteiger partial charge on any atom is -0.371 e. The number of rotatable bonds is 3. The molecule has 2 rings (SSSR count). The molecule has 0 spiro atoms. The lowest BCUT2D eigenvalue weighted by Gasteiger charge is -2.29. The summed E-state index contributed by atoms with van der Waals surface area (Å²) < 4.78 is 26.6. The Kier molecular flexibility index (Phi) is 3.94. The highest BCUT2D eigenvalue weighted by Crippen LogP contribution is 2.20. The fourth-order valence-electron chi connectivity index (χ4n) is 2.29. The maximum absolute atomic E-state index is 13.5. The van der Waals surface area contributed by atoms with Gasteiger partial charge in [0.1, 0.15) is 11.6 Å². The highest BCUT2D eigenvalue weighted by molar-refractivity contribution is 5.47. The summed E-state index contributed by atoms with van der Waals surface area (Å²) in [5, 5.41) is 3.40. The van der Waals surface area contributed by atoms with Gasteiger partial charge in [0.05, 0.1) is 5.69 Å². The summed E-state index contributed by atoms with van der Waals surface area (Å²) in [5.74, 6) is -0.769. The van der Waals surface area contributed by atoms with Crippen LogP contribution in [-0.4, -0.2) is 26.2 Å². The molecule has 94 valence electrons. The first-order chi connectivity index (χ1) is 8.16. The fourth-order valence-corrected chi connectivity index (χ4v) is 2.29. The monoisotopic (exact) mass is 240 g/mol. The van der Waals surface area contributed by atoms with Crippen molar-refractivity contribution in [3.05, 3.63) is 29.8 Å². The molecule has 1 saturated heterocycles. The number of anilines is 1. The number of likely N-dealkylation sites (N-methyl/N-ethyl adjacent to an activating group) is 1. The SMILES string of the molecule is CN(CC1CCCCN1)c1cc(F)ccc1F. The average Bonchev–Trinajstić information content (AvgIpc) is 2.33. The Morgan fingerprint density at radius 1 is 1.35 bits per heavy atom.